The number of rotatable bonds is 8. The number of pyridine rings is 1. The Morgan fingerprint density at radius 2 is 1.86 bits per heavy atom. The molecule has 14 heteroatoms. The standard InChI is InChI=1S/C35H35ClFN7O5/c1-21(45)35(47,48)32(46)44-17-16-42(19-23(44)10-13-38)31-25-18-39-29(24-8-2-6-22-7-3-9-26(36)27(22)24)28(37)30(25)40-33(41-31)49-20-34-11-4-14-43(34)15-5-12-34/h2-3,6-9,18,23,47-48H,4-5,10-12,14-17,19-20H2,1H3/t23-/m0/s1. The first kappa shape index (κ1) is 33.0. The van der Waals surface area contributed by atoms with Gasteiger partial charge in [-0.2, -0.15) is 15.2 Å². The molecule has 7 rings (SSSR count). The SMILES string of the molecule is CC(=O)C(O)(O)C(=O)N1CCN(c2nc(OCC34CCCN3CCC4)nc3c(F)c(-c4cccc5cccc(Cl)c45)ncc23)C[C@@H]1CC#N. The number of halogens is 2. The molecule has 3 fully saturated rings. The van der Waals surface area contributed by atoms with Gasteiger partial charge in [-0.15, -0.1) is 0 Å². The van der Waals surface area contributed by atoms with Gasteiger partial charge in [-0.05, 0) is 50.2 Å². The molecule has 0 unspecified atom stereocenters. The molecule has 1 amide bonds. The van der Waals surface area contributed by atoms with Crippen molar-refractivity contribution in [2.45, 2.75) is 56.4 Å². The number of nitrogens with zero attached hydrogens (tertiary/aromatic N) is 7. The molecule has 2 aromatic heterocycles. The number of piperazine rings is 1. The number of aromatic nitrogens is 3. The van der Waals surface area contributed by atoms with Crippen LogP contribution in [0.15, 0.2) is 42.6 Å². The Kier molecular flexibility index (Phi) is 8.60. The summed E-state index contributed by atoms with van der Waals surface area (Å²) in [6.07, 6.45) is 5.44. The van der Waals surface area contributed by atoms with Crippen molar-refractivity contribution in [3.05, 3.63) is 53.4 Å². The monoisotopic (exact) mass is 687 g/mol. The molecule has 3 aliphatic heterocycles. The molecule has 5 heterocycles. The first-order valence-corrected chi connectivity index (χ1v) is 16.7. The summed E-state index contributed by atoms with van der Waals surface area (Å²) in [4.78, 5) is 44.1. The van der Waals surface area contributed by atoms with Gasteiger partial charge < -0.3 is 24.7 Å². The predicted molar refractivity (Wildman–Crippen MR) is 179 cm³/mol. The highest BCUT2D eigenvalue weighted by molar-refractivity contribution is 6.36. The molecule has 3 aliphatic rings. The van der Waals surface area contributed by atoms with Gasteiger partial charge in [0, 0.05) is 48.7 Å². The summed E-state index contributed by atoms with van der Waals surface area (Å²) in [5.74, 6) is -5.96. The van der Waals surface area contributed by atoms with Crippen LogP contribution in [0, 0.1) is 17.1 Å². The van der Waals surface area contributed by atoms with Gasteiger partial charge in [0.1, 0.15) is 23.6 Å². The lowest BCUT2D eigenvalue weighted by molar-refractivity contribution is -0.199. The largest absolute Gasteiger partial charge is 0.461 e. The number of carbonyl (C=O) groups excluding carboxylic acids is 2. The number of aliphatic hydroxyl groups is 2. The van der Waals surface area contributed by atoms with E-state index >= 15 is 4.39 Å². The highest BCUT2D eigenvalue weighted by Crippen LogP contribution is 2.40. The molecule has 2 N–H and O–H groups in total. The number of nitriles is 1. The predicted octanol–water partition coefficient (Wildman–Crippen LogP) is 3.85. The first-order valence-electron chi connectivity index (χ1n) is 16.3. The van der Waals surface area contributed by atoms with Crippen molar-refractivity contribution in [1.29, 1.82) is 5.26 Å². The molecule has 0 spiro atoms. The molecule has 254 valence electrons. The molecular formula is C35H35ClFN7O5. The molecule has 49 heavy (non-hydrogen) atoms. The number of anilines is 1. The second-order valence-corrected chi connectivity index (χ2v) is 13.5. The fourth-order valence-electron chi connectivity index (χ4n) is 7.61. The number of ether oxygens (including phenoxy) is 1. The van der Waals surface area contributed by atoms with E-state index in [4.69, 9.17) is 21.3 Å². The van der Waals surface area contributed by atoms with E-state index in [-0.39, 0.29) is 48.8 Å². The van der Waals surface area contributed by atoms with E-state index in [1.165, 1.54) is 6.20 Å². The second-order valence-electron chi connectivity index (χ2n) is 13.1. The van der Waals surface area contributed by atoms with Crippen molar-refractivity contribution in [3.63, 3.8) is 0 Å². The molecular weight excluding hydrogens is 653 g/mol. The number of carbonyl (C=O) groups is 2. The highest BCUT2D eigenvalue weighted by atomic mass is 35.5. The minimum atomic E-state index is -3.22. The van der Waals surface area contributed by atoms with E-state index in [1.54, 1.807) is 17.0 Å². The third-order valence-electron chi connectivity index (χ3n) is 10.2. The topological polar surface area (TPSA) is 156 Å². The van der Waals surface area contributed by atoms with Gasteiger partial charge in [-0.3, -0.25) is 19.5 Å². The van der Waals surface area contributed by atoms with Crippen molar-refractivity contribution in [1.82, 2.24) is 24.8 Å². The molecule has 4 aromatic rings. The lowest BCUT2D eigenvalue weighted by Crippen LogP contribution is -2.62. The van der Waals surface area contributed by atoms with Crippen LogP contribution in [0.5, 0.6) is 6.01 Å². The zero-order valence-electron chi connectivity index (χ0n) is 26.9. The number of benzene rings is 2. The van der Waals surface area contributed by atoms with Gasteiger partial charge in [-0.1, -0.05) is 41.9 Å². The average Bonchev–Trinajstić information content (AvgIpc) is 3.68. The van der Waals surface area contributed by atoms with Gasteiger partial charge >= 0.3 is 11.8 Å². The summed E-state index contributed by atoms with van der Waals surface area (Å²) in [6.45, 7) is 3.33. The summed E-state index contributed by atoms with van der Waals surface area (Å²) in [7, 11) is 0. The van der Waals surface area contributed by atoms with Crippen molar-refractivity contribution in [3.8, 4) is 23.3 Å². The quantitative estimate of drug-likeness (QED) is 0.205. The Hall–Kier alpha value is -4.48. The van der Waals surface area contributed by atoms with Crippen LogP contribution < -0.4 is 9.64 Å². The Morgan fingerprint density at radius 1 is 1.12 bits per heavy atom. The van der Waals surface area contributed by atoms with Crippen LogP contribution in [-0.4, -0.2) is 103 Å². The van der Waals surface area contributed by atoms with Crippen LogP contribution >= 0.6 is 11.6 Å². The van der Waals surface area contributed by atoms with Gasteiger partial charge in [0.15, 0.2) is 11.6 Å². The maximum atomic E-state index is 16.8. The molecule has 2 aromatic carbocycles. The number of hydrogen-bond acceptors (Lipinski definition) is 11. The third-order valence-corrected chi connectivity index (χ3v) is 10.5. The molecule has 0 saturated carbocycles. The van der Waals surface area contributed by atoms with Crippen molar-refractivity contribution in [2.75, 3.05) is 44.2 Å². The number of fused-ring (bicyclic) bond motifs is 3. The summed E-state index contributed by atoms with van der Waals surface area (Å²) >= 11 is 6.59. The highest BCUT2D eigenvalue weighted by Gasteiger charge is 2.47. The third kappa shape index (κ3) is 5.72. The molecule has 0 bridgehead atoms. The van der Waals surface area contributed by atoms with Gasteiger partial charge in [0.2, 0.25) is 0 Å². The maximum Gasteiger partial charge on any atom is 0.319 e. The van der Waals surface area contributed by atoms with Crippen molar-refractivity contribution >= 4 is 50.8 Å². The molecule has 12 nitrogen and oxygen atoms in total. The molecule has 0 aliphatic carbocycles. The van der Waals surface area contributed by atoms with E-state index < -0.39 is 29.3 Å². The van der Waals surface area contributed by atoms with Crippen LogP contribution in [-0.2, 0) is 9.59 Å². The van der Waals surface area contributed by atoms with E-state index in [2.05, 4.69) is 14.9 Å². The van der Waals surface area contributed by atoms with E-state index in [0.717, 1.165) is 56.0 Å². The average molecular weight is 688 g/mol. The summed E-state index contributed by atoms with van der Waals surface area (Å²) in [6, 6.07) is 12.1. The number of Topliss-reactive ketones (excluding diaryl/α,β-unsaturated/α-hetero) is 1. The lowest BCUT2D eigenvalue weighted by atomic mass is 9.95. The number of amides is 1. The van der Waals surface area contributed by atoms with Crippen molar-refractivity contribution < 1.29 is 28.9 Å². The molecule has 1 atom stereocenters. The van der Waals surface area contributed by atoms with E-state index in [0.29, 0.717) is 33.8 Å². The van der Waals surface area contributed by atoms with Crippen LogP contribution in [0.3, 0.4) is 0 Å². The molecule has 3 saturated heterocycles. The molecule has 0 radical (unpaired) electrons. The Balaban J connectivity index is 1.31. The Bertz CT molecular complexity index is 2010. The maximum absolute atomic E-state index is 16.8. The smallest absolute Gasteiger partial charge is 0.319 e. The summed E-state index contributed by atoms with van der Waals surface area (Å²) in [5, 5.41) is 32.3. The zero-order chi connectivity index (χ0) is 34.5. The van der Waals surface area contributed by atoms with Crippen molar-refractivity contribution in [2.24, 2.45) is 0 Å². The van der Waals surface area contributed by atoms with Gasteiger partial charge in [0.05, 0.1) is 29.5 Å². The van der Waals surface area contributed by atoms with Crippen LogP contribution in [0.25, 0.3) is 32.9 Å². The Morgan fingerprint density at radius 3 is 2.57 bits per heavy atom. The lowest BCUT2D eigenvalue weighted by Gasteiger charge is -2.42. The van der Waals surface area contributed by atoms with Crippen LogP contribution in [0.2, 0.25) is 5.02 Å². The van der Waals surface area contributed by atoms with Gasteiger partial charge in [0.25, 0.3) is 5.91 Å². The normalized spacial score (nSPS) is 19.3. The summed E-state index contributed by atoms with van der Waals surface area (Å²) in [5.41, 5.74) is 0.419. The minimum Gasteiger partial charge on any atom is -0.461 e. The fraction of sp³-hybridized carbons (Fsp3) is 0.429. The van der Waals surface area contributed by atoms with Gasteiger partial charge in [-0.25, -0.2) is 4.39 Å². The van der Waals surface area contributed by atoms with Crippen LogP contribution in [0.1, 0.15) is 39.0 Å². The summed E-state index contributed by atoms with van der Waals surface area (Å²) < 4.78 is 23.1. The first-order chi connectivity index (χ1) is 23.5. The van der Waals surface area contributed by atoms with Crippen LogP contribution in [0.4, 0.5) is 10.2 Å². The van der Waals surface area contributed by atoms with E-state index in [1.807, 2.05) is 30.3 Å². The minimum absolute atomic E-state index is 0.0146. The Labute approximate surface area is 286 Å². The zero-order valence-corrected chi connectivity index (χ0v) is 27.7. The second kappa shape index (κ2) is 12.8. The number of ketones is 1. The van der Waals surface area contributed by atoms with E-state index in [9.17, 15) is 25.1 Å². The number of hydrogen-bond donors (Lipinski definition) is 2. The fourth-order valence-corrected chi connectivity index (χ4v) is 7.90.